The zero-order valence-electron chi connectivity index (χ0n) is 11.1. The molecular weight excluding hydrogens is 334 g/mol. The van der Waals surface area contributed by atoms with Crippen LogP contribution in [0.15, 0.2) is 40.9 Å². The largest absolute Gasteiger partial charge is 0.454 e. The van der Waals surface area contributed by atoms with Gasteiger partial charge in [0.25, 0.3) is 0 Å². The maximum atomic E-state index is 12.0. The van der Waals surface area contributed by atoms with Gasteiger partial charge in [-0.05, 0) is 29.3 Å². The summed E-state index contributed by atoms with van der Waals surface area (Å²) >= 11 is 3.44. The molecule has 1 N–H and O–H groups in total. The predicted octanol–water partition coefficient (Wildman–Crippen LogP) is 3.65. The Hall–Kier alpha value is -2.01. The Kier molecular flexibility index (Phi) is 2.89. The van der Waals surface area contributed by atoms with Crippen LogP contribution in [0.4, 0.5) is 5.69 Å². The lowest BCUT2D eigenvalue weighted by atomic mass is 9.84. The third kappa shape index (κ3) is 2.17. The molecule has 21 heavy (non-hydrogen) atoms. The van der Waals surface area contributed by atoms with E-state index in [4.69, 9.17) is 9.47 Å². The molecule has 0 spiro atoms. The number of halogens is 1. The molecular formula is C16H12BrNO3. The molecule has 0 unspecified atom stereocenters. The van der Waals surface area contributed by atoms with Gasteiger partial charge in [0, 0.05) is 28.6 Å². The van der Waals surface area contributed by atoms with E-state index in [1.807, 2.05) is 36.4 Å². The highest BCUT2D eigenvalue weighted by atomic mass is 79.9. The first kappa shape index (κ1) is 12.7. The molecule has 1 amide bonds. The first-order valence-corrected chi connectivity index (χ1v) is 7.49. The van der Waals surface area contributed by atoms with Gasteiger partial charge in [0.15, 0.2) is 11.5 Å². The minimum absolute atomic E-state index is 0.0225. The van der Waals surface area contributed by atoms with Gasteiger partial charge in [-0.15, -0.1) is 0 Å². The smallest absolute Gasteiger partial charge is 0.231 e. The minimum atomic E-state index is 0.0225. The maximum Gasteiger partial charge on any atom is 0.231 e. The number of rotatable bonds is 1. The van der Waals surface area contributed by atoms with Crippen molar-refractivity contribution in [2.24, 2.45) is 0 Å². The van der Waals surface area contributed by atoms with Gasteiger partial charge in [-0.3, -0.25) is 4.79 Å². The van der Waals surface area contributed by atoms with Crippen LogP contribution in [0.5, 0.6) is 11.5 Å². The number of carbonyl (C=O) groups is 1. The van der Waals surface area contributed by atoms with Crippen LogP contribution < -0.4 is 14.8 Å². The number of fused-ring (bicyclic) bond motifs is 2. The molecule has 2 aliphatic rings. The van der Waals surface area contributed by atoms with Gasteiger partial charge in [-0.1, -0.05) is 28.1 Å². The summed E-state index contributed by atoms with van der Waals surface area (Å²) < 4.78 is 11.9. The van der Waals surface area contributed by atoms with Crippen LogP contribution in [0.1, 0.15) is 23.5 Å². The number of hydrogen-bond donors (Lipinski definition) is 1. The molecule has 2 aromatic carbocycles. The van der Waals surface area contributed by atoms with Gasteiger partial charge >= 0.3 is 0 Å². The van der Waals surface area contributed by atoms with Crippen molar-refractivity contribution >= 4 is 27.5 Å². The fraction of sp³-hybridized carbons (Fsp3) is 0.188. The molecule has 0 radical (unpaired) electrons. The van der Waals surface area contributed by atoms with Crippen molar-refractivity contribution in [3.8, 4) is 11.5 Å². The van der Waals surface area contributed by atoms with Crippen molar-refractivity contribution in [2.75, 3.05) is 12.1 Å². The molecule has 5 heteroatoms. The highest BCUT2D eigenvalue weighted by Gasteiger charge is 2.29. The number of nitrogens with one attached hydrogen (secondary N) is 1. The number of benzene rings is 2. The van der Waals surface area contributed by atoms with Crippen molar-refractivity contribution in [1.82, 2.24) is 0 Å². The van der Waals surface area contributed by atoms with Crippen LogP contribution in [-0.2, 0) is 4.79 Å². The maximum absolute atomic E-state index is 12.0. The second kappa shape index (κ2) is 4.77. The molecule has 0 aliphatic carbocycles. The van der Waals surface area contributed by atoms with E-state index < -0.39 is 0 Å². The summed E-state index contributed by atoms with van der Waals surface area (Å²) in [6.07, 6.45) is 0.439. The van der Waals surface area contributed by atoms with Gasteiger partial charge in [0.2, 0.25) is 12.7 Å². The summed E-state index contributed by atoms with van der Waals surface area (Å²) in [6.45, 7) is 0.231. The highest BCUT2D eigenvalue weighted by Crippen LogP contribution is 2.44. The van der Waals surface area contributed by atoms with Crippen molar-refractivity contribution in [1.29, 1.82) is 0 Å². The monoisotopic (exact) mass is 345 g/mol. The Bertz CT molecular complexity index is 727. The lowest BCUT2D eigenvalue weighted by molar-refractivity contribution is -0.116. The zero-order chi connectivity index (χ0) is 14.4. The van der Waals surface area contributed by atoms with Gasteiger partial charge in [-0.25, -0.2) is 0 Å². The molecule has 106 valence electrons. The van der Waals surface area contributed by atoms with Crippen molar-refractivity contribution < 1.29 is 14.3 Å². The second-order valence-electron chi connectivity index (χ2n) is 5.15. The number of hydrogen-bond acceptors (Lipinski definition) is 3. The normalized spacial score (nSPS) is 19.1. The van der Waals surface area contributed by atoms with Crippen molar-refractivity contribution in [3.05, 3.63) is 52.0 Å². The molecule has 1 atom stereocenters. The van der Waals surface area contributed by atoms with Gasteiger partial charge in [-0.2, -0.15) is 0 Å². The quantitative estimate of drug-likeness (QED) is 0.857. The molecule has 0 saturated carbocycles. The van der Waals surface area contributed by atoms with E-state index in [0.29, 0.717) is 12.2 Å². The molecule has 4 rings (SSSR count). The fourth-order valence-electron chi connectivity index (χ4n) is 2.84. The molecule has 0 bridgehead atoms. The molecule has 0 saturated heterocycles. The van der Waals surface area contributed by atoms with E-state index in [1.54, 1.807) is 0 Å². The number of anilines is 1. The molecule has 2 aromatic rings. The van der Waals surface area contributed by atoms with E-state index in [1.165, 1.54) is 0 Å². The Morgan fingerprint density at radius 3 is 2.57 bits per heavy atom. The van der Waals surface area contributed by atoms with E-state index in [9.17, 15) is 4.79 Å². The van der Waals surface area contributed by atoms with Crippen LogP contribution in [-0.4, -0.2) is 12.7 Å². The van der Waals surface area contributed by atoms with E-state index >= 15 is 0 Å². The van der Waals surface area contributed by atoms with Gasteiger partial charge in [0.05, 0.1) is 0 Å². The van der Waals surface area contributed by atoms with Gasteiger partial charge in [0.1, 0.15) is 0 Å². The Labute approximate surface area is 130 Å². The average molecular weight is 346 g/mol. The molecule has 2 aliphatic heterocycles. The SMILES string of the molecule is O=C1C[C@@H](c2ccc(Br)cc2)c2cc3c(cc2N1)OCO3. The van der Waals surface area contributed by atoms with Gasteiger partial charge < -0.3 is 14.8 Å². The van der Waals surface area contributed by atoms with Crippen LogP contribution in [0.25, 0.3) is 0 Å². The molecule has 0 fully saturated rings. The number of amides is 1. The third-order valence-electron chi connectivity index (χ3n) is 3.86. The predicted molar refractivity (Wildman–Crippen MR) is 81.8 cm³/mol. The van der Waals surface area contributed by atoms with Crippen LogP contribution in [0, 0.1) is 0 Å². The van der Waals surface area contributed by atoms with E-state index in [-0.39, 0.29) is 18.6 Å². The Morgan fingerprint density at radius 2 is 1.81 bits per heavy atom. The number of ether oxygens (including phenoxy) is 2. The Morgan fingerprint density at radius 1 is 1.10 bits per heavy atom. The lowest BCUT2D eigenvalue weighted by Crippen LogP contribution is -2.23. The topological polar surface area (TPSA) is 47.6 Å². The third-order valence-corrected chi connectivity index (χ3v) is 4.38. The summed E-state index contributed by atoms with van der Waals surface area (Å²) in [5.74, 6) is 1.49. The first-order valence-electron chi connectivity index (χ1n) is 6.69. The fourth-order valence-corrected chi connectivity index (χ4v) is 3.11. The lowest BCUT2D eigenvalue weighted by Gasteiger charge is -2.26. The molecule has 4 nitrogen and oxygen atoms in total. The minimum Gasteiger partial charge on any atom is -0.454 e. The van der Waals surface area contributed by atoms with Crippen LogP contribution in [0.3, 0.4) is 0 Å². The highest BCUT2D eigenvalue weighted by molar-refractivity contribution is 9.10. The van der Waals surface area contributed by atoms with Crippen molar-refractivity contribution in [2.45, 2.75) is 12.3 Å². The van der Waals surface area contributed by atoms with E-state index in [0.717, 1.165) is 27.0 Å². The van der Waals surface area contributed by atoms with Crippen LogP contribution in [0.2, 0.25) is 0 Å². The second-order valence-corrected chi connectivity index (χ2v) is 6.06. The van der Waals surface area contributed by atoms with Crippen molar-refractivity contribution in [3.63, 3.8) is 0 Å². The summed E-state index contributed by atoms with van der Waals surface area (Å²) in [7, 11) is 0. The summed E-state index contributed by atoms with van der Waals surface area (Å²) in [5.41, 5.74) is 3.00. The van der Waals surface area contributed by atoms with Crippen LogP contribution >= 0.6 is 15.9 Å². The Balaban J connectivity index is 1.83. The summed E-state index contributed by atoms with van der Waals surface area (Å²) in [4.78, 5) is 12.0. The standard InChI is InChI=1S/C16H12BrNO3/c17-10-3-1-9(2-4-10)11-6-16(19)18-13-7-15-14(5-12(11)13)20-8-21-15/h1-5,7,11H,6,8H2,(H,18,19)/t11-/m0/s1. The summed E-state index contributed by atoms with van der Waals surface area (Å²) in [6, 6.07) is 11.9. The number of carbonyl (C=O) groups excluding carboxylic acids is 1. The summed E-state index contributed by atoms with van der Waals surface area (Å²) in [5, 5.41) is 2.92. The first-order chi connectivity index (χ1) is 10.2. The molecule has 0 aromatic heterocycles. The zero-order valence-corrected chi connectivity index (χ0v) is 12.6. The van der Waals surface area contributed by atoms with E-state index in [2.05, 4.69) is 21.2 Å². The average Bonchev–Trinajstić information content (AvgIpc) is 2.92. The molecule has 2 heterocycles.